The van der Waals surface area contributed by atoms with Gasteiger partial charge < -0.3 is 33.8 Å². The fourth-order valence-corrected chi connectivity index (χ4v) is 13.1. The van der Waals surface area contributed by atoms with Gasteiger partial charge in [0.25, 0.3) is 0 Å². The maximum absolute atomic E-state index is 13.1. The van der Waals surface area contributed by atoms with Crippen LogP contribution in [0, 0.1) is 5.92 Å². The lowest BCUT2D eigenvalue weighted by atomic mass is 10.0. The minimum absolute atomic E-state index is 0.107. The molecule has 17 nitrogen and oxygen atoms in total. The van der Waals surface area contributed by atoms with Gasteiger partial charge in [-0.3, -0.25) is 37.3 Å². The molecule has 0 aliphatic carbocycles. The second-order valence-corrected chi connectivity index (χ2v) is 30.4. The molecule has 558 valence electrons. The van der Waals surface area contributed by atoms with E-state index in [1.165, 1.54) is 205 Å². The highest BCUT2D eigenvalue weighted by atomic mass is 31.2. The molecule has 0 saturated carbocycles. The van der Waals surface area contributed by atoms with Crippen molar-refractivity contribution in [3.8, 4) is 0 Å². The molecular weight excluding hydrogens is 1230 g/mol. The summed E-state index contributed by atoms with van der Waals surface area (Å²) in [6.45, 7) is 7.24. The average molecular weight is 1380 g/mol. The largest absolute Gasteiger partial charge is 0.472 e. The van der Waals surface area contributed by atoms with Gasteiger partial charge in [0, 0.05) is 25.7 Å². The van der Waals surface area contributed by atoms with Crippen LogP contribution in [-0.2, 0) is 65.4 Å². The molecule has 3 N–H and O–H groups in total. The average Bonchev–Trinajstić information content (AvgIpc) is 1.47. The highest BCUT2D eigenvalue weighted by Gasteiger charge is 2.30. The zero-order chi connectivity index (χ0) is 69.1. The molecule has 0 aliphatic heterocycles. The lowest BCUT2D eigenvalue weighted by molar-refractivity contribution is -0.161. The number of hydrogen-bond acceptors (Lipinski definition) is 15. The molecule has 5 atom stereocenters. The Labute approximate surface area is 575 Å². The molecule has 0 aromatic rings. The van der Waals surface area contributed by atoms with Crippen molar-refractivity contribution in [2.24, 2.45) is 5.92 Å². The fraction of sp³-hybridized carbons (Fsp3) is 0.947. The lowest BCUT2D eigenvalue weighted by Gasteiger charge is -2.21. The summed E-state index contributed by atoms with van der Waals surface area (Å²) >= 11 is 0. The molecule has 0 rings (SSSR count). The number of carbonyl (C=O) groups excluding carboxylic acids is 4. The van der Waals surface area contributed by atoms with E-state index in [2.05, 4.69) is 34.6 Å². The Balaban J connectivity index is 5.14. The van der Waals surface area contributed by atoms with Gasteiger partial charge in [0.05, 0.1) is 26.4 Å². The molecule has 94 heavy (non-hydrogen) atoms. The van der Waals surface area contributed by atoms with Crippen molar-refractivity contribution in [3.05, 3.63) is 0 Å². The predicted octanol–water partition coefficient (Wildman–Crippen LogP) is 22.1. The normalized spacial score (nSPS) is 14.0. The van der Waals surface area contributed by atoms with Crippen molar-refractivity contribution in [1.82, 2.24) is 0 Å². The number of phosphoric ester groups is 2. The van der Waals surface area contributed by atoms with E-state index in [0.717, 1.165) is 109 Å². The van der Waals surface area contributed by atoms with E-state index >= 15 is 0 Å². The topological polar surface area (TPSA) is 237 Å². The maximum atomic E-state index is 13.1. The molecule has 0 bridgehead atoms. The van der Waals surface area contributed by atoms with Gasteiger partial charge in [-0.2, -0.15) is 0 Å². The SMILES string of the molecule is CCCCCCCCCCCCCCCCCCCCCCCCC(=O)O[C@H](COC(=O)CCCCCCCCCCCCCC(C)C)COP(=O)(O)OC[C@@H](O)COP(=O)(O)OC[C@@H](COC(=O)CCCCCCCCC)OC(=O)CCCCCCCCCCCCC. The van der Waals surface area contributed by atoms with E-state index in [0.29, 0.717) is 25.7 Å². The van der Waals surface area contributed by atoms with Gasteiger partial charge in [-0.05, 0) is 31.6 Å². The number of esters is 4. The smallest absolute Gasteiger partial charge is 0.462 e. The first-order valence-corrected chi connectivity index (χ1v) is 42.1. The second-order valence-electron chi connectivity index (χ2n) is 27.5. The lowest BCUT2D eigenvalue weighted by Crippen LogP contribution is -2.30. The fourth-order valence-electron chi connectivity index (χ4n) is 11.5. The number of rotatable bonds is 75. The van der Waals surface area contributed by atoms with Gasteiger partial charge >= 0.3 is 39.5 Å². The molecule has 0 heterocycles. The van der Waals surface area contributed by atoms with Crippen LogP contribution in [0.3, 0.4) is 0 Å². The molecule has 0 amide bonds. The Morgan fingerprint density at radius 1 is 0.287 bits per heavy atom. The highest BCUT2D eigenvalue weighted by Crippen LogP contribution is 2.45. The predicted molar refractivity (Wildman–Crippen MR) is 382 cm³/mol. The van der Waals surface area contributed by atoms with Gasteiger partial charge in [0.15, 0.2) is 12.2 Å². The molecule has 0 fully saturated rings. The van der Waals surface area contributed by atoms with Crippen LogP contribution in [0.2, 0.25) is 0 Å². The van der Waals surface area contributed by atoms with Gasteiger partial charge in [-0.25, -0.2) is 9.13 Å². The summed E-state index contributed by atoms with van der Waals surface area (Å²) in [6, 6.07) is 0. The van der Waals surface area contributed by atoms with E-state index in [9.17, 15) is 43.2 Å². The van der Waals surface area contributed by atoms with Crippen LogP contribution in [0.15, 0.2) is 0 Å². The van der Waals surface area contributed by atoms with E-state index in [1.54, 1.807) is 0 Å². The Morgan fingerprint density at radius 3 is 0.723 bits per heavy atom. The van der Waals surface area contributed by atoms with Gasteiger partial charge in [-0.15, -0.1) is 0 Å². The number of carbonyl (C=O) groups is 4. The summed E-state index contributed by atoms with van der Waals surface area (Å²) in [5.74, 6) is -1.35. The summed E-state index contributed by atoms with van der Waals surface area (Å²) in [6.07, 6.45) is 57.2. The number of phosphoric acid groups is 2. The number of aliphatic hydroxyl groups excluding tert-OH is 1. The van der Waals surface area contributed by atoms with Crippen LogP contribution >= 0.6 is 15.6 Å². The molecule has 0 aromatic carbocycles. The standard InChI is InChI=1S/C75H146O17P2/c1-6-9-12-15-18-20-22-23-24-25-26-27-28-29-30-31-32-36-41-46-51-56-61-75(80)92-71(65-86-73(78)59-54-49-44-39-37-33-35-38-43-47-52-57-68(4)5)67-90-94(83,84)88-63-69(76)62-87-93(81,82)89-66-70(64-85-72(77)58-53-48-42-17-14-11-8-3)91-74(79)60-55-50-45-40-34-21-19-16-13-10-7-2/h68-71,76H,6-67H2,1-5H3,(H,81,82)(H,83,84)/t69-,70+,71+/m0/s1. The Bertz CT molecular complexity index is 1810. The Kier molecular flexibility index (Phi) is 66.8. The van der Waals surface area contributed by atoms with Gasteiger partial charge in [0.2, 0.25) is 0 Å². The quantitative estimate of drug-likeness (QED) is 0.0222. The summed E-state index contributed by atoms with van der Waals surface area (Å²) in [4.78, 5) is 72.6. The zero-order valence-electron chi connectivity index (χ0n) is 61.1. The summed E-state index contributed by atoms with van der Waals surface area (Å²) in [5.41, 5.74) is 0. The van der Waals surface area contributed by atoms with Crippen molar-refractivity contribution in [3.63, 3.8) is 0 Å². The first kappa shape index (κ1) is 92.1. The first-order valence-electron chi connectivity index (χ1n) is 39.1. The van der Waals surface area contributed by atoms with Crippen LogP contribution < -0.4 is 0 Å². The highest BCUT2D eigenvalue weighted by molar-refractivity contribution is 7.47. The van der Waals surface area contributed by atoms with Crippen molar-refractivity contribution in [2.75, 3.05) is 39.6 Å². The molecule has 0 aromatic heterocycles. The Hall–Kier alpha value is -1.94. The number of ether oxygens (including phenoxy) is 4. The first-order chi connectivity index (χ1) is 45.5. The van der Waals surface area contributed by atoms with Gasteiger partial charge in [-0.1, -0.05) is 343 Å². The molecule has 2 unspecified atom stereocenters. The second kappa shape index (κ2) is 68.2. The molecule has 0 radical (unpaired) electrons. The van der Waals surface area contributed by atoms with Crippen LogP contribution in [0.1, 0.15) is 394 Å². The molecule has 0 aliphatic rings. The summed E-state index contributed by atoms with van der Waals surface area (Å²) in [7, 11) is -9.90. The monoisotopic (exact) mass is 1380 g/mol. The summed E-state index contributed by atoms with van der Waals surface area (Å²) in [5, 5.41) is 10.6. The molecule has 0 spiro atoms. The van der Waals surface area contributed by atoms with Gasteiger partial charge in [0.1, 0.15) is 19.3 Å². The molecular formula is C75H146O17P2. The molecule has 19 heteroatoms. The Morgan fingerprint density at radius 2 is 0.489 bits per heavy atom. The van der Waals surface area contributed by atoms with Crippen LogP contribution in [-0.4, -0.2) is 96.7 Å². The minimum atomic E-state index is -4.95. The number of unbranched alkanes of at least 4 members (excludes halogenated alkanes) is 47. The van der Waals surface area contributed by atoms with Crippen LogP contribution in [0.25, 0.3) is 0 Å². The van der Waals surface area contributed by atoms with E-state index in [4.69, 9.17) is 37.0 Å². The van der Waals surface area contributed by atoms with Crippen molar-refractivity contribution in [1.29, 1.82) is 0 Å². The van der Waals surface area contributed by atoms with E-state index < -0.39 is 97.5 Å². The number of aliphatic hydroxyl groups is 1. The van der Waals surface area contributed by atoms with Crippen molar-refractivity contribution in [2.45, 2.75) is 412 Å². The summed E-state index contributed by atoms with van der Waals surface area (Å²) < 4.78 is 68.3. The van der Waals surface area contributed by atoms with Crippen LogP contribution in [0.4, 0.5) is 0 Å². The minimum Gasteiger partial charge on any atom is -0.462 e. The third kappa shape index (κ3) is 68.6. The third-order valence-corrected chi connectivity index (χ3v) is 19.4. The van der Waals surface area contributed by atoms with Crippen molar-refractivity contribution < 1.29 is 80.2 Å². The third-order valence-electron chi connectivity index (χ3n) is 17.5. The zero-order valence-corrected chi connectivity index (χ0v) is 62.9. The maximum Gasteiger partial charge on any atom is 0.472 e. The van der Waals surface area contributed by atoms with Crippen molar-refractivity contribution >= 4 is 39.5 Å². The van der Waals surface area contributed by atoms with E-state index in [-0.39, 0.29) is 25.7 Å². The van der Waals surface area contributed by atoms with Crippen LogP contribution in [0.5, 0.6) is 0 Å². The number of hydrogen-bond donors (Lipinski definition) is 3. The van der Waals surface area contributed by atoms with E-state index in [1.807, 2.05) is 0 Å². The molecule has 0 saturated heterocycles.